The van der Waals surface area contributed by atoms with E-state index < -0.39 is 0 Å². The van der Waals surface area contributed by atoms with Crippen molar-refractivity contribution >= 4 is 28.6 Å². The summed E-state index contributed by atoms with van der Waals surface area (Å²) in [5, 5.41) is 20.8. The summed E-state index contributed by atoms with van der Waals surface area (Å²) in [6, 6.07) is 5.41. The van der Waals surface area contributed by atoms with Gasteiger partial charge in [-0.2, -0.15) is 5.10 Å². The molecule has 70 valence electrons. The molecule has 0 aliphatic heterocycles. The minimum atomic E-state index is 0.370. The minimum Gasteiger partial charge on any atom is -0.411 e. The number of aromatic nitrogens is 2. The van der Waals surface area contributed by atoms with Crippen molar-refractivity contribution in [2.45, 2.75) is 0 Å². The van der Waals surface area contributed by atoms with E-state index in [1.54, 1.807) is 12.3 Å². The van der Waals surface area contributed by atoms with Crippen LogP contribution >= 0.6 is 11.6 Å². The zero-order valence-electron chi connectivity index (χ0n) is 7.05. The lowest BCUT2D eigenvalue weighted by Gasteiger charge is -1.98. The molecule has 0 fully saturated rings. The van der Waals surface area contributed by atoms with E-state index in [0.717, 1.165) is 16.3 Å². The molecule has 4 nitrogen and oxygen atoms in total. The van der Waals surface area contributed by atoms with Gasteiger partial charge in [0.25, 0.3) is 0 Å². The van der Waals surface area contributed by atoms with Crippen molar-refractivity contribution in [2.24, 2.45) is 5.16 Å². The number of halogens is 1. The Labute approximate surface area is 84.8 Å². The molecule has 1 aromatic heterocycles. The van der Waals surface area contributed by atoms with Gasteiger partial charge in [0.1, 0.15) is 0 Å². The van der Waals surface area contributed by atoms with Crippen LogP contribution in [0.15, 0.2) is 29.6 Å². The third-order valence-corrected chi connectivity index (χ3v) is 2.13. The van der Waals surface area contributed by atoms with Gasteiger partial charge in [-0.05, 0) is 11.6 Å². The Morgan fingerprint density at radius 3 is 3.07 bits per heavy atom. The van der Waals surface area contributed by atoms with Gasteiger partial charge >= 0.3 is 0 Å². The standard InChI is InChI=1S/C9H6ClN3O/c10-9-8-2-1-6(4-12-14)3-7(8)5-11-13-9/h1-5,14H/b12-4+. The number of fused-ring (bicyclic) bond motifs is 1. The summed E-state index contributed by atoms with van der Waals surface area (Å²) in [7, 11) is 0. The molecule has 1 heterocycles. The van der Waals surface area contributed by atoms with Crippen LogP contribution in [-0.2, 0) is 0 Å². The predicted octanol–water partition coefficient (Wildman–Crippen LogP) is 2.09. The van der Waals surface area contributed by atoms with Crippen molar-refractivity contribution in [2.75, 3.05) is 0 Å². The molecular weight excluding hydrogens is 202 g/mol. The first-order valence-electron chi connectivity index (χ1n) is 3.89. The summed E-state index contributed by atoms with van der Waals surface area (Å²) in [5.41, 5.74) is 0.782. The number of rotatable bonds is 1. The molecule has 0 aliphatic carbocycles. The van der Waals surface area contributed by atoms with E-state index in [1.165, 1.54) is 6.21 Å². The highest BCUT2D eigenvalue weighted by molar-refractivity contribution is 6.34. The van der Waals surface area contributed by atoms with E-state index in [0.29, 0.717) is 5.15 Å². The maximum atomic E-state index is 8.36. The predicted molar refractivity (Wildman–Crippen MR) is 53.9 cm³/mol. The fourth-order valence-electron chi connectivity index (χ4n) is 1.22. The van der Waals surface area contributed by atoms with Gasteiger partial charge in [-0.1, -0.05) is 28.9 Å². The van der Waals surface area contributed by atoms with Gasteiger partial charge in [0.2, 0.25) is 0 Å². The molecule has 1 aromatic carbocycles. The number of nitrogens with zero attached hydrogens (tertiary/aromatic N) is 3. The van der Waals surface area contributed by atoms with Crippen molar-refractivity contribution in [3.63, 3.8) is 0 Å². The van der Waals surface area contributed by atoms with Crippen LogP contribution in [0.25, 0.3) is 10.8 Å². The smallest absolute Gasteiger partial charge is 0.159 e. The second-order valence-corrected chi connectivity index (χ2v) is 3.08. The average molecular weight is 208 g/mol. The lowest BCUT2D eigenvalue weighted by Crippen LogP contribution is -1.86. The molecule has 0 saturated heterocycles. The van der Waals surface area contributed by atoms with Crippen LogP contribution in [0.3, 0.4) is 0 Å². The first kappa shape index (κ1) is 8.90. The molecule has 1 N–H and O–H groups in total. The molecule has 0 amide bonds. The molecule has 0 saturated carbocycles. The molecule has 2 aromatic rings. The number of hydrogen-bond donors (Lipinski definition) is 1. The van der Waals surface area contributed by atoms with Crippen molar-refractivity contribution in [3.05, 3.63) is 35.1 Å². The van der Waals surface area contributed by atoms with Crippen LogP contribution in [-0.4, -0.2) is 21.6 Å². The van der Waals surface area contributed by atoms with E-state index in [-0.39, 0.29) is 0 Å². The molecule has 5 heteroatoms. The van der Waals surface area contributed by atoms with Crippen molar-refractivity contribution in [1.29, 1.82) is 0 Å². The topological polar surface area (TPSA) is 58.4 Å². The Kier molecular flexibility index (Phi) is 2.28. The molecule has 0 unspecified atom stereocenters. The van der Waals surface area contributed by atoms with E-state index in [2.05, 4.69) is 15.4 Å². The highest BCUT2D eigenvalue weighted by Gasteiger charge is 2.00. The minimum absolute atomic E-state index is 0.370. The lowest BCUT2D eigenvalue weighted by molar-refractivity contribution is 0.322. The third-order valence-electron chi connectivity index (χ3n) is 1.85. The summed E-state index contributed by atoms with van der Waals surface area (Å²) in [5.74, 6) is 0. The zero-order chi connectivity index (χ0) is 9.97. The summed E-state index contributed by atoms with van der Waals surface area (Å²) in [4.78, 5) is 0. The second kappa shape index (κ2) is 3.59. The van der Waals surface area contributed by atoms with Crippen LogP contribution in [0.5, 0.6) is 0 Å². The van der Waals surface area contributed by atoms with Gasteiger partial charge < -0.3 is 5.21 Å². The highest BCUT2D eigenvalue weighted by atomic mass is 35.5. The molecule has 2 rings (SSSR count). The van der Waals surface area contributed by atoms with Crippen LogP contribution in [0.4, 0.5) is 0 Å². The Balaban J connectivity index is 2.67. The maximum Gasteiger partial charge on any atom is 0.159 e. The fraction of sp³-hybridized carbons (Fsp3) is 0. The molecule has 0 aliphatic rings. The van der Waals surface area contributed by atoms with Gasteiger partial charge in [0.05, 0.1) is 12.4 Å². The Bertz CT molecular complexity index is 498. The lowest BCUT2D eigenvalue weighted by atomic mass is 10.1. The SMILES string of the molecule is O/N=C/c1ccc2c(Cl)nncc2c1. The molecule has 0 radical (unpaired) electrons. The van der Waals surface area contributed by atoms with Crippen molar-refractivity contribution in [1.82, 2.24) is 10.2 Å². The number of benzene rings is 1. The van der Waals surface area contributed by atoms with Crippen LogP contribution in [0.1, 0.15) is 5.56 Å². The van der Waals surface area contributed by atoms with E-state index >= 15 is 0 Å². The van der Waals surface area contributed by atoms with Gasteiger partial charge in [-0.3, -0.25) is 0 Å². The van der Waals surface area contributed by atoms with E-state index in [4.69, 9.17) is 16.8 Å². The maximum absolute atomic E-state index is 8.36. The number of hydrogen-bond acceptors (Lipinski definition) is 4. The largest absolute Gasteiger partial charge is 0.411 e. The van der Waals surface area contributed by atoms with Gasteiger partial charge in [-0.25, -0.2) is 0 Å². The van der Waals surface area contributed by atoms with Crippen LogP contribution in [0, 0.1) is 0 Å². The monoisotopic (exact) mass is 207 g/mol. The molecule has 0 atom stereocenters. The number of oxime groups is 1. The highest BCUT2D eigenvalue weighted by Crippen LogP contribution is 2.20. The van der Waals surface area contributed by atoms with Gasteiger partial charge in [0.15, 0.2) is 5.15 Å². The van der Waals surface area contributed by atoms with Gasteiger partial charge in [-0.15, -0.1) is 5.10 Å². The van der Waals surface area contributed by atoms with Crippen LogP contribution in [0.2, 0.25) is 5.15 Å². The quantitative estimate of drug-likeness (QED) is 0.443. The first-order valence-corrected chi connectivity index (χ1v) is 4.27. The second-order valence-electron chi connectivity index (χ2n) is 2.73. The van der Waals surface area contributed by atoms with Crippen molar-refractivity contribution < 1.29 is 5.21 Å². The van der Waals surface area contributed by atoms with Crippen LogP contribution < -0.4 is 0 Å². The Hall–Kier alpha value is -1.68. The molecule has 14 heavy (non-hydrogen) atoms. The molecule has 0 bridgehead atoms. The summed E-state index contributed by atoms with van der Waals surface area (Å²) < 4.78 is 0. The summed E-state index contributed by atoms with van der Waals surface area (Å²) >= 11 is 5.83. The summed E-state index contributed by atoms with van der Waals surface area (Å²) in [6.07, 6.45) is 2.95. The molecular formula is C9H6ClN3O. The Morgan fingerprint density at radius 1 is 1.43 bits per heavy atom. The van der Waals surface area contributed by atoms with E-state index in [1.807, 2.05) is 12.1 Å². The fourth-order valence-corrected chi connectivity index (χ4v) is 1.43. The Morgan fingerprint density at radius 2 is 2.29 bits per heavy atom. The average Bonchev–Trinajstić information content (AvgIpc) is 2.18. The third kappa shape index (κ3) is 1.52. The van der Waals surface area contributed by atoms with Crippen molar-refractivity contribution in [3.8, 4) is 0 Å². The molecule has 0 spiro atoms. The zero-order valence-corrected chi connectivity index (χ0v) is 7.81. The first-order chi connectivity index (χ1) is 6.81. The van der Waals surface area contributed by atoms with E-state index in [9.17, 15) is 0 Å². The van der Waals surface area contributed by atoms with Gasteiger partial charge in [0, 0.05) is 10.8 Å². The summed E-state index contributed by atoms with van der Waals surface area (Å²) in [6.45, 7) is 0. The normalized spacial score (nSPS) is 11.2.